The van der Waals surface area contributed by atoms with Gasteiger partial charge >= 0.3 is 11.9 Å². The van der Waals surface area contributed by atoms with Crippen molar-refractivity contribution in [3.63, 3.8) is 0 Å². The zero-order valence-electron chi connectivity index (χ0n) is 12.4. The van der Waals surface area contributed by atoms with E-state index in [1.807, 2.05) is 4.90 Å². The molecule has 6 heteroatoms. The summed E-state index contributed by atoms with van der Waals surface area (Å²) in [6, 6.07) is 0.223. The number of rotatable bonds is 2. The minimum Gasteiger partial charge on any atom is -0.469 e. The first kappa shape index (κ1) is 13.1. The number of carbonyl (C=O) groups is 3. The van der Waals surface area contributed by atoms with Crippen molar-refractivity contribution >= 4 is 17.8 Å². The molecular weight excluding hydrogens is 274 g/mol. The summed E-state index contributed by atoms with van der Waals surface area (Å²) in [5.41, 5.74) is -1.16. The molecule has 3 aliphatic carbocycles. The van der Waals surface area contributed by atoms with Gasteiger partial charge in [-0.15, -0.1) is 0 Å². The molecule has 1 amide bonds. The summed E-state index contributed by atoms with van der Waals surface area (Å²) in [6.07, 6.45) is 1.96. The van der Waals surface area contributed by atoms with E-state index in [1.165, 1.54) is 14.2 Å². The van der Waals surface area contributed by atoms with Gasteiger partial charge in [0, 0.05) is 6.92 Å². The van der Waals surface area contributed by atoms with Crippen molar-refractivity contribution in [3.8, 4) is 0 Å². The number of hydrogen-bond donors (Lipinski definition) is 0. The highest BCUT2D eigenvalue weighted by atomic mass is 16.5. The van der Waals surface area contributed by atoms with Crippen molar-refractivity contribution in [1.29, 1.82) is 0 Å². The molecule has 0 aromatic carbocycles. The maximum atomic E-state index is 12.3. The van der Waals surface area contributed by atoms with Gasteiger partial charge in [0.1, 0.15) is 0 Å². The lowest BCUT2D eigenvalue weighted by molar-refractivity contribution is -0.153. The lowest BCUT2D eigenvalue weighted by Crippen LogP contribution is -2.31. The van der Waals surface area contributed by atoms with E-state index < -0.39 is 10.8 Å². The van der Waals surface area contributed by atoms with E-state index in [9.17, 15) is 14.4 Å². The Bertz CT molecular complexity index is 532. The molecule has 4 aliphatic rings. The molecular formula is C15H19NO5. The van der Waals surface area contributed by atoms with Crippen LogP contribution >= 0.6 is 0 Å². The first-order valence-electron chi connectivity index (χ1n) is 7.39. The summed E-state index contributed by atoms with van der Waals surface area (Å²) in [5, 5.41) is 0. The molecule has 21 heavy (non-hydrogen) atoms. The predicted molar refractivity (Wildman–Crippen MR) is 69.8 cm³/mol. The van der Waals surface area contributed by atoms with Gasteiger partial charge in [-0.2, -0.15) is 0 Å². The van der Waals surface area contributed by atoms with Gasteiger partial charge < -0.3 is 14.4 Å². The van der Waals surface area contributed by atoms with E-state index in [4.69, 9.17) is 9.47 Å². The van der Waals surface area contributed by atoms with Crippen LogP contribution in [0.25, 0.3) is 0 Å². The smallest absolute Gasteiger partial charge is 0.312 e. The van der Waals surface area contributed by atoms with Gasteiger partial charge in [-0.3, -0.25) is 14.4 Å². The van der Waals surface area contributed by atoms with E-state index in [0.29, 0.717) is 6.42 Å². The van der Waals surface area contributed by atoms with Gasteiger partial charge in [0.05, 0.1) is 37.1 Å². The summed E-state index contributed by atoms with van der Waals surface area (Å²) in [4.78, 5) is 38.2. The van der Waals surface area contributed by atoms with Gasteiger partial charge in [-0.05, 0) is 31.1 Å². The molecule has 1 saturated heterocycles. The third-order valence-electron chi connectivity index (χ3n) is 6.17. The maximum Gasteiger partial charge on any atom is 0.312 e. The van der Waals surface area contributed by atoms with Crippen molar-refractivity contribution in [2.24, 2.45) is 22.7 Å². The first-order chi connectivity index (χ1) is 9.93. The molecule has 0 aromatic heterocycles. The Balaban J connectivity index is 1.72. The van der Waals surface area contributed by atoms with Gasteiger partial charge in [0.2, 0.25) is 5.91 Å². The molecule has 0 spiro atoms. The number of ether oxygens (including phenoxy) is 2. The summed E-state index contributed by atoms with van der Waals surface area (Å²) in [6.45, 7) is 1.55. The van der Waals surface area contributed by atoms with Gasteiger partial charge in [0.25, 0.3) is 0 Å². The number of likely N-dealkylation sites (tertiary alicyclic amines) is 1. The molecule has 6 nitrogen and oxygen atoms in total. The highest BCUT2D eigenvalue weighted by Gasteiger charge is 2.84. The van der Waals surface area contributed by atoms with Gasteiger partial charge in [-0.25, -0.2) is 0 Å². The second-order valence-electron chi connectivity index (χ2n) is 7.00. The van der Waals surface area contributed by atoms with E-state index in [2.05, 4.69) is 0 Å². The molecule has 0 radical (unpaired) electrons. The zero-order chi connectivity index (χ0) is 15.2. The Hall–Kier alpha value is -1.59. The van der Waals surface area contributed by atoms with Crippen LogP contribution in [0.5, 0.6) is 0 Å². The van der Waals surface area contributed by atoms with Gasteiger partial charge in [-0.1, -0.05) is 0 Å². The molecule has 0 bridgehead atoms. The lowest BCUT2D eigenvalue weighted by Gasteiger charge is -2.21. The molecule has 0 N–H and O–H groups in total. The molecule has 0 aromatic rings. The fraction of sp³-hybridized carbons (Fsp3) is 0.800. The second-order valence-corrected chi connectivity index (χ2v) is 7.00. The molecule has 6 unspecified atom stereocenters. The third-order valence-corrected chi connectivity index (χ3v) is 6.17. The highest BCUT2D eigenvalue weighted by molar-refractivity contribution is 5.88. The average molecular weight is 293 g/mol. The first-order valence-corrected chi connectivity index (χ1v) is 7.39. The van der Waals surface area contributed by atoms with Crippen LogP contribution in [0.1, 0.15) is 26.2 Å². The second kappa shape index (κ2) is 3.59. The molecule has 1 heterocycles. The lowest BCUT2D eigenvalue weighted by atomic mass is 9.87. The third kappa shape index (κ3) is 1.36. The summed E-state index contributed by atoms with van der Waals surface area (Å²) in [5.74, 6) is -0.153. The van der Waals surface area contributed by atoms with Gasteiger partial charge in [0.15, 0.2) is 0 Å². The number of methoxy groups -OCH3 is 2. The van der Waals surface area contributed by atoms with Crippen molar-refractivity contribution in [2.45, 2.75) is 38.3 Å². The Kier molecular flexibility index (Phi) is 2.24. The van der Waals surface area contributed by atoms with Crippen molar-refractivity contribution in [3.05, 3.63) is 0 Å². The standard InChI is InChI=1S/C15H19NO5/c1-7(17)16-10-8-4-14(8,12(18)20-2)6-15(13(19)21-3)5-9(15)11(10)16/h8-11H,4-6H2,1-3H3. The summed E-state index contributed by atoms with van der Waals surface area (Å²) >= 11 is 0. The fourth-order valence-electron chi connectivity index (χ4n) is 5.10. The van der Waals surface area contributed by atoms with Crippen LogP contribution in [0.4, 0.5) is 0 Å². The van der Waals surface area contributed by atoms with Crippen LogP contribution < -0.4 is 0 Å². The topological polar surface area (TPSA) is 72.7 Å². The average Bonchev–Trinajstić information content (AvgIpc) is 3.30. The largest absolute Gasteiger partial charge is 0.469 e. The normalized spacial score (nSPS) is 48.0. The highest BCUT2D eigenvalue weighted by Crippen LogP contribution is 2.78. The maximum absolute atomic E-state index is 12.3. The minimum atomic E-state index is -0.582. The quantitative estimate of drug-likeness (QED) is 0.542. The minimum absolute atomic E-state index is 0.0308. The number of amides is 1. The van der Waals surface area contributed by atoms with Crippen molar-refractivity contribution in [1.82, 2.24) is 4.90 Å². The van der Waals surface area contributed by atoms with Crippen LogP contribution in [0.15, 0.2) is 0 Å². The molecule has 114 valence electrons. The Labute approximate surface area is 122 Å². The number of esters is 2. The Morgan fingerprint density at radius 3 is 1.71 bits per heavy atom. The van der Waals surface area contributed by atoms with E-state index in [-0.39, 0.29) is 41.8 Å². The van der Waals surface area contributed by atoms with Crippen molar-refractivity contribution in [2.75, 3.05) is 14.2 Å². The predicted octanol–water partition coefficient (Wildman–Crippen LogP) is 0.348. The fourth-order valence-corrected chi connectivity index (χ4v) is 5.10. The van der Waals surface area contributed by atoms with Crippen LogP contribution in [0.2, 0.25) is 0 Å². The van der Waals surface area contributed by atoms with Crippen LogP contribution in [-0.4, -0.2) is 49.0 Å². The molecule has 1 aliphatic heterocycles. The SMILES string of the molecule is COC(=O)C12CC1C1C(C3CC3(C(=O)OC)C2)N1C(C)=O. The van der Waals surface area contributed by atoms with Crippen LogP contribution in [-0.2, 0) is 23.9 Å². The summed E-state index contributed by atoms with van der Waals surface area (Å²) < 4.78 is 9.97. The number of carbonyl (C=O) groups excluding carboxylic acids is 3. The molecule has 4 fully saturated rings. The van der Waals surface area contributed by atoms with Crippen LogP contribution in [0.3, 0.4) is 0 Å². The summed E-state index contributed by atoms with van der Waals surface area (Å²) in [7, 11) is 2.78. The van der Waals surface area contributed by atoms with Crippen LogP contribution in [0, 0.1) is 22.7 Å². The van der Waals surface area contributed by atoms with Crippen molar-refractivity contribution < 1.29 is 23.9 Å². The van der Waals surface area contributed by atoms with E-state index in [1.54, 1.807) is 6.92 Å². The monoisotopic (exact) mass is 293 g/mol. The molecule has 6 atom stereocenters. The number of hydrogen-bond acceptors (Lipinski definition) is 5. The van der Waals surface area contributed by atoms with E-state index >= 15 is 0 Å². The molecule has 4 rings (SSSR count). The van der Waals surface area contributed by atoms with E-state index in [0.717, 1.165) is 12.8 Å². The Morgan fingerprint density at radius 2 is 1.38 bits per heavy atom. The number of fused-ring (bicyclic) bond motifs is 5. The molecule has 3 saturated carbocycles. The number of nitrogens with zero attached hydrogens (tertiary/aromatic N) is 1. The zero-order valence-corrected chi connectivity index (χ0v) is 12.4. The Morgan fingerprint density at radius 1 is 0.952 bits per heavy atom.